The van der Waals surface area contributed by atoms with Gasteiger partial charge in [0.25, 0.3) is 0 Å². The van der Waals surface area contributed by atoms with Gasteiger partial charge in [0.1, 0.15) is 5.75 Å². The number of nitrogens with one attached hydrogen (secondary N) is 2. The van der Waals surface area contributed by atoms with Crippen LogP contribution >= 0.6 is 0 Å². The summed E-state index contributed by atoms with van der Waals surface area (Å²) in [6.45, 7) is -0.534. The lowest BCUT2D eigenvalue weighted by atomic mass is 10.3. The van der Waals surface area contributed by atoms with Gasteiger partial charge in [-0.25, -0.2) is 26.7 Å². The smallest absolute Gasteiger partial charge is 0.241 e. The second-order valence-corrected chi connectivity index (χ2v) is 8.45. The molecular weight excluding hydrogens is 382 g/mol. The van der Waals surface area contributed by atoms with Crippen molar-refractivity contribution in [1.82, 2.24) is 4.72 Å². The number of ether oxygens (including phenoxy) is 1. The number of sulfonamides is 2. The first kappa shape index (κ1) is 19.8. The van der Waals surface area contributed by atoms with E-state index in [0.29, 0.717) is 5.75 Å². The maximum Gasteiger partial charge on any atom is 0.241 e. The summed E-state index contributed by atoms with van der Waals surface area (Å²) in [4.78, 5) is 11.7. The molecule has 2 aromatic carbocycles. The Morgan fingerprint density at radius 2 is 1.69 bits per heavy atom. The molecule has 0 aliphatic carbocycles. The Balaban J connectivity index is 2.02. The van der Waals surface area contributed by atoms with E-state index in [-0.39, 0.29) is 15.5 Å². The summed E-state index contributed by atoms with van der Waals surface area (Å²) in [5, 5.41) is 7.41. The maximum atomic E-state index is 12.1. The predicted octanol–water partition coefficient (Wildman–Crippen LogP) is 0.260. The number of carbonyl (C=O) groups excluding carboxylic acids is 1. The van der Waals surface area contributed by atoms with Gasteiger partial charge in [0.15, 0.2) is 0 Å². The minimum Gasteiger partial charge on any atom is -0.497 e. The summed E-state index contributed by atoms with van der Waals surface area (Å²) in [5.74, 6) is -0.176. The third-order valence-electron chi connectivity index (χ3n) is 3.24. The lowest BCUT2D eigenvalue weighted by Gasteiger charge is -2.09. The van der Waals surface area contributed by atoms with Crippen molar-refractivity contribution in [3.63, 3.8) is 0 Å². The summed E-state index contributed by atoms with van der Waals surface area (Å²) in [7, 11) is -6.34. The van der Waals surface area contributed by atoms with Crippen LogP contribution in [0.2, 0.25) is 0 Å². The highest BCUT2D eigenvalue weighted by molar-refractivity contribution is 7.89. The molecule has 0 radical (unpaired) electrons. The second kappa shape index (κ2) is 7.83. The molecule has 1 amide bonds. The van der Waals surface area contributed by atoms with Gasteiger partial charge < -0.3 is 10.1 Å². The van der Waals surface area contributed by atoms with Crippen LogP contribution in [0, 0.1) is 0 Å². The average Bonchev–Trinajstić information content (AvgIpc) is 2.60. The molecule has 11 heteroatoms. The summed E-state index contributed by atoms with van der Waals surface area (Å²) in [5.41, 5.74) is 0.171. The minimum absolute atomic E-state index is 0.0256. The highest BCUT2D eigenvalue weighted by atomic mass is 32.2. The fourth-order valence-electron chi connectivity index (χ4n) is 1.95. The summed E-state index contributed by atoms with van der Waals surface area (Å²) < 4.78 is 54.0. The first-order valence-electron chi connectivity index (χ1n) is 7.18. The van der Waals surface area contributed by atoms with Crippen LogP contribution in [0.5, 0.6) is 5.75 Å². The molecule has 26 heavy (non-hydrogen) atoms. The first-order valence-corrected chi connectivity index (χ1v) is 10.2. The van der Waals surface area contributed by atoms with Crippen molar-refractivity contribution in [3.8, 4) is 5.75 Å². The zero-order chi connectivity index (χ0) is 19.4. The maximum absolute atomic E-state index is 12.1. The lowest BCUT2D eigenvalue weighted by molar-refractivity contribution is -0.115. The molecule has 0 bridgehead atoms. The minimum atomic E-state index is -3.91. The molecule has 0 fully saturated rings. The molecule has 0 atom stereocenters. The van der Waals surface area contributed by atoms with Crippen molar-refractivity contribution in [1.29, 1.82) is 0 Å². The van der Waals surface area contributed by atoms with Crippen molar-refractivity contribution in [2.75, 3.05) is 19.0 Å². The van der Waals surface area contributed by atoms with Crippen molar-refractivity contribution >= 4 is 31.6 Å². The SMILES string of the molecule is COc1ccc(S(=O)(=O)NCC(=O)Nc2cccc(S(N)(=O)=O)c2)cc1. The van der Waals surface area contributed by atoms with Crippen LogP contribution in [0.3, 0.4) is 0 Å². The number of primary sulfonamides is 1. The second-order valence-electron chi connectivity index (χ2n) is 5.12. The Morgan fingerprint density at radius 3 is 2.27 bits per heavy atom. The topological polar surface area (TPSA) is 145 Å². The molecule has 0 heterocycles. The molecular formula is C15H17N3O6S2. The van der Waals surface area contributed by atoms with Crippen molar-refractivity contribution in [2.45, 2.75) is 9.79 Å². The van der Waals surface area contributed by atoms with E-state index in [9.17, 15) is 21.6 Å². The van der Waals surface area contributed by atoms with E-state index in [4.69, 9.17) is 9.88 Å². The number of carbonyl (C=O) groups is 1. The highest BCUT2D eigenvalue weighted by Crippen LogP contribution is 2.16. The zero-order valence-corrected chi connectivity index (χ0v) is 15.3. The molecule has 140 valence electrons. The van der Waals surface area contributed by atoms with E-state index >= 15 is 0 Å². The van der Waals surface area contributed by atoms with Crippen LogP contribution in [0.15, 0.2) is 58.3 Å². The molecule has 0 saturated carbocycles. The first-order chi connectivity index (χ1) is 12.1. The van der Waals surface area contributed by atoms with E-state index in [2.05, 4.69) is 10.0 Å². The van der Waals surface area contributed by atoms with E-state index in [1.807, 2.05) is 0 Å². The molecule has 9 nitrogen and oxygen atoms in total. The normalized spacial score (nSPS) is 11.8. The third-order valence-corrected chi connectivity index (χ3v) is 5.57. The Hall–Kier alpha value is -2.47. The number of methoxy groups -OCH3 is 1. The molecule has 0 spiro atoms. The van der Waals surface area contributed by atoms with E-state index in [1.165, 1.54) is 55.6 Å². The van der Waals surface area contributed by atoms with Crippen LogP contribution in [0.1, 0.15) is 0 Å². The van der Waals surface area contributed by atoms with Gasteiger partial charge >= 0.3 is 0 Å². The van der Waals surface area contributed by atoms with E-state index in [1.54, 1.807) is 0 Å². The highest BCUT2D eigenvalue weighted by Gasteiger charge is 2.16. The fraction of sp³-hybridized carbons (Fsp3) is 0.133. The number of hydrogen-bond donors (Lipinski definition) is 3. The third kappa shape index (κ3) is 5.26. The predicted molar refractivity (Wildman–Crippen MR) is 94.6 cm³/mol. The van der Waals surface area contributed by atoms with Crippen molar-refractivity contribution in [2.24, 2.45) is 5.14 Å². The van der Waals surface area contributed by atoms with Gasteiger partial charge in [-0.3, -0.25) is 4.79 Å². The zero-order valence-electron chi connectivity index (χ0n) is 13.7. The Labute approximate surface area is 151 Å². The Kier molecular flexibility index (Phi) is 5.97. The van der Waals surface area contributed by atoms with Crippen LogP contribution < -0.4 is 19.9 Å². The van der Waals surface area contributed by atoms with Gasteiger partial charge in [0.05, 0.1) is 23.4 Å². The molecule has 0 aliphatic heterocycles. The Morgan fingerprint density at radius 1 is 1.04 bits per heavy atom. The molecule has 0 saturated heterocycles. The average molecular weight is 399 g/mol. The van der Waals surface area contributed by atoms with Crippen molar-refractivity contribution in [3.05, 3.63) is 48.5 Å². The largest absolute Gasteiger partial charge is 0.497 e. The quantitative estimate of drug-likeness (QED) is 0.609. The number of hydrogen-bond acceptors (Lipinski definition) is 6. The molecule has 0 unspecified atom stereocenters. The summed E-state index contributed by atoms with van der Waals surface area (Å²) >= 11 is 0. The molecule has 0 aromatic heterocycles. The summed E-state index contributed by atoms with van der Waals surface area (Å²) in [6.07, 6.45) is 0. The van der Waals surface area contributed by atoms with E-state index in [0.717, 1.165) is 0 Å². The standard InChI is InChI=1S/C15H17N3O6S2/c1-24-12-5-7-13(8-6-12)26(22,23)17-10-15(19)18-11-3-2-4-14(9-11)25(16,20)21/h2-9,17H,10H2,1H3,(H,18,19)(H2,16,20,21). The van der Waals surface area contributed by atoms with Gasteiger partial charge in [-0.15, -0.1) is 0 Å². The Bertz CT molecular complexity index is 1000. The lowest BCUT2D eigenvalue weighted by Crippen LogP contribution is -2.32. The van der Waals surface area contributed by atoms with Crippen LogP contribution in [-0.4, -0.2) is 36.4 Å². The molecule has 2 rings (SSSR count). The number of nitrogens with two attached hydrogens (primary N) is 1. The van der Waals surface area contributed by atoms with E-state index < -0.39 is 32.5 Å². The number of amides is 1. The van der Waals surface area contributed by atoms with Gasteiger partial charge in [0, 0.05) is 5.69 Å². The van der Waals surface area contributed by atoms with Crippen LogP contribution in [0.4, 0.5) is 5.69 Å². The number of benzene rings is 2. The molecule has 4 N–H and O–H groups in total. The number of rotatable bonds is 7. The number of anilines is 1. The van der Waals surface area contributed by atoms with Gasteiger partial charge in [-0.05, 0) is 42.5 Å². The van der Waals surface area contributed by atoms with Crippen LogP contribution in [-0.2, 0) is 24.8 Å². The van der Waals surface area contributed by atoms with Crippen LogP contribution in [0.25, 0.3) is 0 Å². The van der Waals surface area contributed by atoms with Gasteiger partial charge in [-0.2, -0.15) is 0 Å². The van der Waals surface area contributed by atoms with Gasteiger partial charge in [-0.1, -0.05) is 6.07 Å². The monoisotopic (exact) mass is 399 g/mol. The summed E-state index contributed by atoms with van der Waals surface area (Å²) in [6, 6.07) is 10.9. The van der Waals surface area contributed by atoms with Crippen molar-refractivity contribution < 1.29 is 26.4 Å². The van der Waals surface area contributed by atoms with Gasteiger partial charge in [0.2, 0.25) is 26.0 Å². The molecule has 2 aromatic rings. The molecule has 0 aliphatic rings. The fourth-order valence-corrected chi connectivity index (χ4v) is 3.50.